The molecule has 0 saturated carbocycles. The number of para-hydroxylation sites is 1. The van der Waals surface area contributed by atoms with Gasteiger partial charge in [0, 0.05) is 6.42 Å². The molecule has 0 spiro atoms. The van der Waals surface area contributed by atoms with Crippen LogP contribution in [0.4, 0.5) is 5.69 Å². The number of hydrogen-bond donors (Lipinski definition) is 2. The zero-order valence-corrected chi connectivity index (χ0v) is 16.4. The van der Waals surface area contributed by atoms with E-state index < -0.39 is 16.0 Å². The Hall–Kier alpha value is -3.32. The molecule has 0 aliphatic heterocycles. The van der Waals surface area contributed by atoms with Crippen molar-refractivity contribution >= 4 is 21.7 Å². The molecule has 7 heteroatoms. The van der Waals surface area contributed by atoms with E-state index in [4.69, 9.17) is 9.84 Å². The number of hydrogen-bond acceptors (Lipinski definition) is 4. The molecule has 0 saturated heterocycles. The van der Waals surface area contributed by atoms with Crippen molar-refractivity contribution in [2.75, 3.05) is 4.72 Å². The smallest absolute Gasteiger partial charge is 0.303 e. The molecule has 0 amide bonds. The lowest BCUT2D eigenvalue weighted by Gasteiger charge is -2.15. The Balaban J connectivity index is 1.85. The van der Waals surface area contributed by atoms with E-state index >= 15 is 0 Å². The molecule has 3 aromatic carbocycles. The highest BCUT2D eigenvalue weighted by molar-refractivity contribution is 7.92. The van der Waals surface area contributed by atoms with Crippen molar-refractivity contribution in [3.8, 4) is 5.75 Å². The van der Waals surface area contributed by atoms with Gasteiger partial charge in [0.25, 0.3) is 10.0 Å². The first-order valence-electron chi connectivity index (χ1n) is 9.03. The van der Waals surface area contributed by atoms with Crippen molar-refractivity contribution in [2.45, 2.75) is 24.3 Å². The predicted octanol–water partition coefficient (Wildman–Crippen LogP) is 4.08. The van der Waals surface area contributed by atoms with Crippen LogP contribution in [0, 0.1) is 0 Å². The highest BCUT2D eigenvalue weighted by Crippen LogP contribution is 2.24. The summed E-state index contributed by atoms with van der Waals surface area (Å²) in [4.78, 5) is 11.1. The normalized spacial score (nSPS) is 11.0. The van der Waals surface area contributed by atoms with E-state index in [0.29, 0.717) is 17.0 Å². The lowest BCUT2D eigenvalue weighted by molar-refractivity contribution is -0.136. The molecule has 6 nitrogen and oxygen atoms in total. The topological polar surface area (TPSA) is 92.7 Å². The van der Waals surface area contributed by atoms with Gasteiger partial charge < -0.3 is 9.84 Å². The third-order valence-corrected chi connectivity index (χ3v) is 5.61. The van der Waals surface area contributed by atoms with Gasteiger partial charge in [-0.15, -0.1) is 0 Å². The largest absolute Gasteiger partial charge is 0.489 e. The predicted molar refractivity (Wildman–Crippen MR) is 110 cm³/mol. The number of sulfonamides is 1. The van der Waals surface area contributed by atoms with Crippen LogP contribution in [0.3, 0.4) is 0 Å². The van der Waals surface area contributed by atoms with Crippen LogP contribution in [0.15, 0.2) is 83.8 Å². The van der Waals surface area contributed by atoms with E-state index in [1.54, 1.807) is 36.4 Å². The monoisotopic (exact) mass is 411 g/mol. The number of aryl methyl sites for hydroxylation is 1. The lowest BCUT2D eigenvalue weighted by atomic mass is 10.1. The molecule has 2 N–H and O–H groups in total. The van der Waals surface area contributed by atoms with Crippen molar-refractivity contribution in [2.24, 2.45) is 0 Å². The minimum absolute atomic E-state index is 0.0973. The maximum atomic E-state index is 12.7. The average molecular weight is 411 g/mol. The van der Waals surface area contributed by atoms with E-state index in [1.165, 1.54) is 12.1 Å². The summed E-state index contributed by atoms with van der Waals surface area (Å²) in [5, 5.41) is 8.98. The summed E-state index contributed by atoms with van der Waals surface area (Å²) in [6.07, 6.45) is 0.113. The molecule has 0 heterocycles. The Morgan fingerprint density at radius 1 is 0.931 bits per heavy atom. The molecule has 150 valence electrons. The van der Waals surface area contributed by atoms with Gasteiger partial charge in [-0.3, -0.25) is 9.52 Å². The van der Waals surface area contributed by atoms with Gasteiger partial charge >= 0.3 is 5.97 Å². The van der Waals surface area contributed by atoms with Gasteiger partial charge in [-0.2, -0.15) is 0 Å². The average Bonchev–Trinajstić information content (AvgIpc) is 2.72. The van der Waals surface area contributed by atoms with Crippen molar-refractivity contribution in [3.63, 3.8) is 0 Å². The molecule has 29 heavy (non-hydrogen) atoms. The summed E-state index contributed by atoms with van der Waals surface area (Å²) in [7, 11) is -3.80. The summed E-state index contributed by atoms with van der Waals surface area (Å²) in [5.74, 6) is -0.243. The van der Waals surface area contributed by atoms with Crippen LogP contribution in [-0.4, -0.2) is 19.5 Å². The molecule has 0 aliphatic carbocycles. The number of ether oxygens (including phenoxy) is 1. The second-order valence-electron chi connectivity index (χ2n) is 6.41. The van der Waals surface area contributed by atoms with E-state index in [-0.39, 0.29) is 24.3 Å². The number of anilines is 1. The summed E-state index contributed by atoms with van der Waals surface area (Å²) < 4.78 is 33.8. The van der Waals surface area contributed by atoms with E-state index in [1.807, 2.05) is 30.3 Å². The molecule has 0 unspecified atom stereocenters. The second-order valence-corrected chi connectivity index (χ2v) is 8.09. The highest BCUT2D eigenvalue weighted by atomic mass is 32.2. The van der Waals surface area contributed by atoms with Crippen LogP contribution in [0.25, 0.3) is 0 Å². The molecule has 3 aromatic rings. The molecule has 0 radical (unpaired) electrons. The Labute approximate surface area is 169 Å². The first-order valence-corrected chi connectivity index (χ1v) is 10.5. The molecular formula is C22H21NO5S. The van der Waals surface area contributed by atoms with E-state index in [2.05, 4.69) is 4.72 Å². The number of carbonyl (C=O) groups is 1. The lowest BCUT2D eigenvalue weighted by Crippen LogP contribution is -2.15. The SMILES string of the molecule is O=C(O)CCc1ccc(COc2ccccc2)cc1NS(=O)(=O)c1ccccc1. The molecule has 0 fully saturated rings. The third-order valence-electron chi connectivity index (χ3n) is 4.23. The number of nitrogens with one attached hydrogen (secondary N) is 1. The standard InChI is InChI=1S/C22H21NO5S/c24-22(25)14-13-18-12-11-17(16-28-19-7-3-1-4-8-19)15-21(18)23-29(26,27)20-9-5-2-6-10-20/h1-12,15,23H,13-14,16H2,(H,24,25). The number of aliphatic carboxylic acids is 1. The first-order chi connectivity index (χ1) is 13.9. The Kier molecular flexibility index (Phi) is 6.51. The summed E-state index contributed by atoms with van der Waals surface area (Å²) in [6, 6.07) is 22.5. The summed E-state index contributed by atoms with van der Waals surface area (Å²) in [6.45, 7) is 0.253. The van der Waals surface area contributed by atoms with Gasteiger partial charge in [-0.1, -0.05) is 48.5 Å². The zero-order valence-electron chi connectivity index (χ0n) is 15.6. The highest BCUT2D eigenvalue weighted by Gasteiger charge is 2.16. The zero-order chi connectivity index (χ0) is 20.7. The molecule has 0 aromatic heterocycles. The van der Waals surface area contributed by atoms with Crippen molar-refractivity contribution in [1.29, 1.82) is 0 Å². The van der Waals surface area contributed by atoms with Gasteiger partial charge in [-0.05, 0) is 47.9 Å². The number of carboxylic acid groups (broad SMARTS) is 1. The minimum atomic E-state index is -3.80. The van der Waals surface area contributed by atoms with Crippen molar-refractivity contribution in [1.82, 2.24) is 0 Å². The molecule has 0 atom stereocenters. The van der Waals surface area contributed by atoms with Crippen LogP contribution in [0.2, 0.25) is 0 Å². The maximum Gasteiger partial charge on any atom is 0.303 e. The fourth-order valence-electron chi connectivity index (χ4n) is 2.75. The van der Waals surface area contributed by atoms with Gasteiger partial charge in [0.05, 0.1) is 10.6 Å². The Morgan fingerprint density at radius 2 is 1.59 bits per heavy atom. The van der Waals surface area contributed by atoms with Gasteiger partial charge in [-0.25, -0.2) is 8.42 Å². The summed E-state index contributed by atoms with van der Waals surface area (Å²) >= 11 is 0. The van der Waals surface area contributed by atoms with E-state index in [0.717, 1.165) is 5.56 Å². The van der Waals surface area contributed by atoms with E-state index in [9.17, 15) is 13.2 Å². The molecule has 3 rings (SSSR count). The van der Waals surface area contributed by atoms with Gasteiger partial charge in [0.1, 0.15) is 12.4 Å². The fourth-order valence-corrected chi connectivity index (χ4v) is 3.87. The molecule has 0 aliphatic rings. The van der Waals surface area contributed by atoms with Crippen molar-refractivity contribution in [3.05, 3.63) is 90.0 Å². The second kappa shape index (κ2) is 9.25. The summed E-state index contributed by atoms with van der Waals surface area (Å²) in [5.41, 5.74) is 1.72. The van der Waals surface area contributed by atoms with Crippen LogP contribution in [0.1, 0.15) is 17.5 Å². The number of carboxylic acids is 1. The van der Waals surface area contributed by atoms with Crippen molar-refractivity contribution < 1.29 is 23.1 Å². The number of rotatable bonds is 9. The first kappa shape index (κ1) is 20.4. The Bertz CT molecular complexity index is 1070. The van der Waals surface area contributed by atoms with Gasteiger partial charge in [0.2, 0.25) is 0 Å². The molecular weight excluding hydrogens is 390 g/mol. The molecule has 0 bridgehead atoms. The van der Waals surface area contributed by atoms with Crippen LogP contribution in [0.5, 0.6) is 5.75 Å². The van der Waals surface area contributed by atoms with Crippen LogP contribution in [-0.2, 0) is 27.8 Å². The quantitative estimate of drug-likeness (QED) is 0.553. The fraction of sp³-hybridized carbons (Fsp3) is 0.136. The van der Waals surface area contributed by atoms with Crippen LogP contribution < -0.4 is 9.46 Å². The minimum Gasteiger partial charge on any atom is -0.489 e. The van der Waals surface area contributed by atoms with Gasteiger partial charge in [0.15, 0.2) is 0 Å². The maximum absolute atomic E-state index is 12.7. The van der Waals surface area contributed by atoms with Crippen LogP contribution >= 0.6 is 0 Å². The Morgan fingerprint density at radius 3 is 2.24 bits per heavy atom. The third kappa shape index (κ3) is 5.83. The number of benzene rings is 3.